The maximum absolute atomic E-state index is 5.34. The van der Waals surface area contributed by atoms with E-state index in [1.807, 2.05) is 54.6 Å². The standard InChI is InChI=1S/C15H15NO/c1-3-8-14(9-4-1)10-7-13-16-17-15-11-5-2-6-12-15/h1-12,16H,13H2. The van der Waals surface area contributed by atoms with E-state index in [4.69, 9.17) is 4.84 Å². The zero-order valence-corrected chi connectivity index (χ0v) is 9.54. The molecule has 0 aliphatic heterocycles. The van der Waals surface area contributed by atoms with Gasteiger partial charge in [0.2, 0.25) is 0 Å². The molecule has 0 aliphatic rings. The zero-order chi connectivity index (χ0) is 11.8. The lowest BCUT2D eigenvalue weighted by molar-refractivity contribution is 0.209. The highest BCUT2D eigenvalue weighted by atomic mass is 16.6. The first-order valence-corrected chi connectivity index (χ1v) is 5.61. The van der Waals surface area contributed by atoms with Gasteiger partial charge in [-0.1, -0.05) is 60.7 Å². The molecule has 1 N–H and O–H groups in total. The maximum atomic E-state index is 5.34. The number of hydrogen-bond donors (Lipinski definition) is 1. The van der Waals surface area contributed by atoms with Crippen LogP contribution in [0.15, 0.2) is 66.7 Å². The van der Waals surface area contributed by atoms with Crippen LogP contribution in [0.25, 0.3) is 6.08 Å². The molecule has 0 saturated carbocycles. The fraction of sp³-hybridized carbons (Fsp3) is 0.0667. The van der Waals surface area contributed by atoms with Crippen LogP contribution < -0.4 is 10.3 Å². The Hall–Kier alpha value is -2.06. The first-order valence-electron chi connectivity index (χ1n) is 5.61. The van der Waals surface area contributed by atoms with E-state index in [2.05, 4.69) is 23.7 Å². The number of para-hydroxylation sites is 1. The van der Waals surface area contributed by atoms with Gasteiger partial charge in [0.05, 0.1) is 6.54 Å². The monoisotopic (exact) mass is 225 g/mol. The van der Waals surface area contributed by atoms with Gasteiger partial charge in [0, 0.05) is 0 Å². The third-order valence-corrected chi connectivity index (χ3v) is 2.24. The molecular formula is C15H15NO. The van der Waals surface area contributed by atoms with Gasteiger partial charge in [0.1, 0.15) is 5.75 Å². The van der Waals surface area contributed by atoms with Gasteiger partial charge in [-0.25, -0.2) is 0 Å². The molecule has 2 nitrogen and oxygen atoms in total. The van der Waals surface area contributed by atoms with Crippen molar-refractivity contribution in [1.29, 1.82) is 0 Å². The molecule has 2 heteroatoms. The summed E-state index contributed by atoms with van der Waals surface area (Å²) in [6, 6.07) is 19.8. The average molecular weight is 225 g/mol. The first kappa shape index (κ1) is 11.4. The highest BCUT2D eigenvalue weighted by Crippen LogP contribution is 2.06. The van der Waals surface area contributed by atoms with Crippen LogP contribution in [-0.4, -0.2) is 6.54 Å². The van der Waals surface area contributed by atoms with Gasteiger partial charge in [-0.15, -0.1) is 0 Å². The van der Waals surface area contributed by atoms with E-state index in [9.17, 15) is 0 Å². The van der Waals surface area contributed by atoms with Crippen molar-refractivity contribution in [3.63, 3.8) is 0 Å². The lowest BCUT2D eigenvalue weighted by Crippen LogP contribution is -2.17. The highest BCUT2D eigenvalue weighted by Gasteiger charge is 1.88. The van der Waals surface area contributed by atoms with Crippen LogP contribution in [-0.2, 0) is 0 Å². The van der Waals surface area contributed by atoms with E-state index in [-0.39, 0.29) is 0 Å². The van der Waals surface area contributed by atoms with E-state index in [0.29, 0.717) is 6.54 Å². The smallest absolute Gasteiger partial charge is 0.147 e. The van der Waals surface area contributed by atoms with Crippen LogP contribution in [0.3, 0.4) is 0 Å². The molecule has 0 spiro atoms. The number of benzene rings is 2. The van der Waals surface area contributed by atoms with E-state index in [1.165, 1.54) is 5.56 Å². The van der Waals surface area contributed by atoms with Crippen LogP contribution in [0, 0.1) is 0 Å². The van der Waals surface area contributed by atoms with Crippen LogP contribution in [0.4, 0.5) is 0 Å². The topological polar surface area (TPSA) is 21.3 Å². The minimum atomic E-state index is 0.670. The van der Waals surface area contributed by atoms with Gasteiger partial charge in [0.15, 0.2) is 0 Å². The fourth-order valence-electron chi connectivity index (χ4n) is 1.42. The van der Waals surface area contributed by atoms with Crippen molar-refractivity contribution in [2.24, 2.45) is 0 Å². The largest absolute Gasteiger partial charge is 0.408 e. The minimum Gasteiger partial charge on any atom is -0.408 e. The van der Waals surface area contributed by atoms with Crippen LogP contribution >= 0.6 is 0 Å². The highest BCUT2D eigenvalue weighted by molar-refractivity contribution is 5.48. The summed E-state index contributed by atoms with van der Waals surface area (Å²) in [5.41, 5.74) is 4.07. The number of hydrogen-bond acceptors (Lipinski definition) is 2. The van der Waals surface area contributed by atoms with Crippen molar-refractivity contribution in [2.45, 2.75) is 0 Å². The second kappa shape index (κ2) is 6.51. The summed E-state index contributed by atoms with van der Waals surface area (Å²) >= 11 is 0. The van der Waals surface area contributed by atoms with Gasteiger partial charge >= 0.3 is 0 Å². The Kier molecular flexibility index (Phi) is 4.37. The van der Waals surface area contributed by atoms with Crippen LogP contribution in [0.5, 0.6) is 5.75 Å². The summed E-state index contributed by atoms with van der Waals surface area (Å²) in [6.45, 7) is 0.670. The van der Waals surface area contributed by atoms with E-state index in [1.54, 1.807) is 0 Å². The van der Waals surface area contributed by atoms with E-state index in [0.717, 1.165) is 5.75 Å². The summed E-state index contributed by atoms with van der Waals surface area (Å²) in [5.74, 6) is 0.820. The van der Waals surface area contributed by atoms with Gasteiger partial charge in [0.25, 0.3) is 0 Å². The molecule has 0 saturated heterocycles. The molecule has 0 amide bonds. The number of hydroxylamine groups is 1. The maximum Gasteiger partial charge on any atom is 0.147 e. The molecule has 2 aromatic carbocycles. The molecule has 0 heterocycles. The van der Waals surface area contributed by atoms with Crippen molar-refractivity contribution in [1.82, 2.24) is 5.48 Å². The Morgan fingerprint density at radius 1 is 0.882 bits per heavy atom. The molecule has 0 atom stereocenters. The molecule has 0 radical (unpaired) electrons. The molecule has 0 unspecified atom stereocenters. The Labute approximate surface area is 102 Å². The van der Waals surface area contributed by atoms with Crippen LogP contribution in [0.1, 0.15) is 5.56 Å². The molecule has 0 aliphatic carbocycles. The normalized spacial score (nSPS) is 10.6. The average Bonchev–Trinajstić information content (AvgIpc) is 2.41. The zero-order valence-electron chi connectivity index (χ0n) is 9.54. The van der Waals surface area contributed by atoms with Crippen molar-refractivity contribution in [2.75, 3.05) is 6.54 Å². The molecule has 0 bridgehead atoms. The summed E-state index contributed by atoms with van der Waals surface area (Å²) in [6.07, 6.45) is 4.08. The van der Waals surface area contributed by atoms with Gasteiger partial charge in [-0.05, 0) is 17.7 Å². The SMILES string of the molecule is C(=Cc1ccccc1)CNOc1ccccc1. The van der Waals surface area contributed by atoms with Crippen molar-refractivity contribution >= 4 is 6.08 Å². The summed E-state index contributed by atoms with van der Waals surface area (Å²) in [5, 5.41) is 0. The molecule has 0 aromatic heterocycles. The van der Waals surface area contributed by atoms with E-state index < -0.39 is 0 Å². The van der Waals surface area contributed by atoms with Gasteiger partial charge in [-0.2, -0.15) is 5.48 Å². The summed E-state index contributed by atoms with van der Waals surface area (Å²) in [4.78, 5) is 5.34. The Balaban J connectivity index is 1.72. The third-order valence-electron chi connectivity index (χ3n) is 2.24. The Morgan fingerprint density at radius 2 is 1.53 bits per heavy atom. The predicted molar refractivity (Wildman–Crippen MR) is 70.5 cm³/mol. The van der Waals surface area contributed by atoms with Gasteiger partial charge in [-0.3, -0.25) is 0 Å². The first-order chi connectivity index (χ1) is 8.45. The van der Waals surface area contributed by atoms with E-state index >= 15 is 0 Å². The lowest BCUT2D eigenvalue weighted by Gasteiger charge is -2.03. The Morgan fingerprint density at radius 3 is 2.24 bits per heavy atom. The van der Waals surface area contributed by atoms with Gasteiger partial charge < -0.3 is 4.84 Å². The van der Waals surface area contributed by atoms with Crippen LogP contribution in [0.2, 0.25) is 0 Å². The third kappa shape index (κ3) is 4.13. The molecule has 0 fully saturated rings. The molecule has 2 rings (SSSR count). The Bertz CT molecular complexity index is 451. The predicted octanol–water partition coefficient (Wildman–Crippen LogP) is 3.28. The van der Waals surface area contributed by atoms with Crippen molar-refractivity contribution in [3.05, 3.63) is 72.3 Å². The molecular weight excluding hydrogens is 210 g/mol. The summed E-state index contributed by atoms with van der Waals surface area (Å²) < 4.78 is 0. The second-order valence-electron chi connectivity index (χ2n) is 3.58. The number of nitrogens with one attached hydrogen (secondary N) is 1. The lowest BCUT2D eigenvalue weighted by atomic mass is 10.2. The minimum absolute atomic E-state index is 0.670. The fourth-order valence-corrected chi connectivity index (χ4v) is 1.42. The summed E-state index contributed by atoms with van der Waals surface area (Å²) in [7, 11) is 0. The van der Waals surface area contributed by atoms with Crippen molar-refractivity contribution in [3.8, 4) is 5.75 Å². The molecule has 86 valence electrons. The molecule has 17 heavy (non-hydrogen) atoms. The van der Waals surface area contributed by atoms with Crippen molar-refractivity contribution < 1.29 is 4.84 Å². The second-order valence-corrected chi connectivity index (χ2v) is 3.58. The molecule has 2 aromatic rings. The quantitative estimate of drug-likeness (QED) is 0.623. The number of rotatable bonds is 5.